The Morgan fingerprint density at radius 2 is 2.19 bits per heavy atom. The normalized spacial score (nSPS) is 14.5. The highest BCUT2D eigenvalue weighted by Gasteiger charge is 2.22. The van der Waals surface area contributed by atoms with Gasteiger partial charge in [-0.25, -0.2) is 0 Å². The van der Waals surface area contributed by atoms with E-state index in [0.29, 0.717) is 4.57 Å². The maximum atomic E-state index is 12.1. The van der Waals surface area contributed by atoms with E-state index in [1.165, 1.54) is 11.6 Å². The Kier molecular flexibility index (Phi) is 1.56. The number of nitrogens with zero attached hydrogens (tertiary/aromatic N) is 3. The minimum atomic E-state index is -2.75. The minimum Gasteiger partial charge on any atom is -0.343 e. The van der Waals surface area contributed by atoms with E-state index in [9.17, 15) is 14.9 Å². The van der Waals surface area contributed by atoms with Gasteiger partial charge in [0, 0.05) is 24.3 Å². The molecule has 0 saturated carbocycles. The fourth-order valence-corrected chi connectivity index (χ4v) is 1.93. The monoisotopic (exact) mass is 244 g/mol. The summed E-state index contributed by atoms with van der Waals surface area (Å²) in [5.41, 5.74) is -1.30. The Morgan fingerprint density at radius 1 is 1.50 bits per heavy atom. The number of hydrogen-bond acceptors (Lipinski definition) is 3. The summed E-state index contributed by atoms with van der Waals surface area (Å²) in [5.74, 6) is 0. The summed E-state index contributed by atoms with van der Waals surface area (Å²) < 4.78 is 23.4. The number of hydrogen-bond donors (Lipinski definition) is 0. The standard InChI is InChI=1S/C9H8ClN3O3/c1-11-4-6(13(15)16)7-8(11)5(10)3-12(2)9(7)14/h3-4H,1-2H3/i2D3. The third-order valence-electron chi connectivity index (χ3n) is 2.26. The van der Waals surface area contributed by atoms with Crippen molar-refractivity contribution in [2.75, 3.05) is 0 Å². The highest BCUT2D eigenvalue weighted by atomic mass is 35.5. The van der Waals surface area contributed by atoms with Crippen molar-refractivity contribution in [3.8, 4) is 0 Å². The van der Waals surface area contributed by atoms with Crippen LogP contribution in [0.1, 0.15) is 4.11 Å². The van der Waals surface area contributed by atoms with Gasteiger partial charge in [-0.1, -0.05) is 11.6 Å². The SMILES string of the molecule is [2H]C([2H])([2H])n1cc(Cl)c2c(c([N+](=O)[O-])cn2C)c1=O. The summed E-state index contributed by atoms with van der Waals surface area (Å²) >= 11 is 5.91. The molecule has 0 aliphatic carbocycles. The van der Waals surface area contributed by atoms with E-state index >= 15 is 0 Å². The van der Waals surface area contributed by atoms with Gasteiger partial charge in [-0.3, -0.25) is 14.9 Å². The Balaban J connectivity index is 3.04. The molecule has 0 spiro atoms. The summed E-state index contributed by atoms with van der Waals surface area (Å²) in [6.07, 6.45) is 2.09. The van der Waals surface area contributed by atoms with Gasteiger partial charge in [-0.15, -0.1) is 0 Å². The zero-order valence-electron chi connectivity index (χ0n) is 11.1. The summed E-state index contributed by atoms with van der Waals surface area (Å²) in [6.45, 7) is -2.75. The number of pyridine rings is 1. The lowest BCUT2D eigenvalue weighted by Crippen LogP contribution is -2.16. The van der Waals surface area contributed by atoms with Crippen molar-refractivity contribution in [2.45, 2.75) is 0 Å². The molecule has 16 heavy (non-hydrogen) atoms. The largest absolute Gasteiger partial charge is 0.343 e. The molecule has 2 aromatic rings. The van der Waals surface area contributed by atoms with Gasteiger partial charge in [0.15, 0.2) is 0 Å². The molecule has 2 aromatic heterocycles. The second-order valence-electron chi connectivity index (χ2n) is 3.26. The smallest absolute Gasteiger partial charge is 0.300 e. The molecular weight excluding hydrogens is 234 g/mol. The van der Waals surface area contributed by atoms with E-state index in [0.717, 1.165) is 12.4 Å². The Morgan fingerprint density at radius 3 is 2.75 bits per heavy atom. The molecule has 7 heteroatoms. The van der Waals surface area contributed by atoms with E-state index in [1.54, 1.807) is 0 Å². The van der Waals surface area contributed by atoms with Crippen LogP contribution in [-0.4, -0.2) is 14.1 Å². The van der Waals surface area contributed by atoms with Crippen LogP contribution >= 0.6 is 11.6 Å². The van der Waals surface area contributed by atoms with Gasteiger partial charge in [0.2, 0.25) is 0 Å². The van der Waals surface area contributed by atoms with Crippen molar-refractivity contribution >= 4 is 28.2 Å². The van der Waals surface area contributed by atoms with Crippen molar-refractivity contribution in [1.29, 1.82) is 0 Å². The highest BCUT2D eigenvalue weighted by molar-refractivity contribution is 6.35. The molecular formula is C9H8ClN3O3. The zero-order chi connectivity index (χ0) is 14.5. The van der Waals surface area contributed by atoms with Gasteiger partial charge < -0.3 is 9.13 Å². The van der Waals surface area contributed by atoms with Gasteiger partial charge in [-0.05, 0) is 0 Å². The fourth-order valence-electron chi connectivity index (χ4n) is 1.60. The molecule has 0 N–H and O–H groups in total. The quantitative estimate of drug-likeness (QED) is 0.563. The summed E-state index contributed by atoms with van der Waals surface area (Å²) in [5, 5.41) is 10.6. The third kappa shape index (κ3) is 1.30. The fraction of sp³-hybridized carbons (Fsp3) is 0.222. The lowest BCUT2D eigenvalue weighted by atomic mass is 10.3. The van der Waals surface area contributed by atoms with E-state index < -0.39 is 23.1 Å². The Hall–Kier alpha value is -1.82. The number of aryl methyl sites for hydroxylation is 2. The van der Waals surface area contributed by atoms with Crippen LogP contribution in [0.4, 0.5) is 5.69 Å². The number of aromatic nitrogens is 2. The molecule has 0 amide bonds. The Bertz CT molecular complexity index is 747. The van der Waals surface area contributed by atoms with Crippen LogP contribution in [-0.2, 0) is 14.0 Å². The molecule has 6 nitrogen and oxygen atoms in total. The van der Waals surface area contributed by atoms with Crippen LogP contribution in [0.15, 0.2) is 17.2 Å². The van der Waals surface area contributed by atoms with Crippen LogP contribution < -0.4 is 5.56 Å². The summed E-state index contributed by atoms with van der Waals surface area (Å²) in [4.78, 5) is 22.3. The van der Waals surface area contributed by atoms with Crippen molar-refractivity contribution < 1.29 is 9.04 Å². The lowest BCUT2D eigenvalue weighted by Gasteiger charge is -2.01. The van der Waals surface area contributed by atoms with Crippen LogP contribution in [0.2, 0.25) is 5.02 Å². The molecule has 2 heterocycles. The van der Waals surface area contributed by atoms with Gasteiger partial charge in [-0.2, -0.15) is 0 Å². The first-order valence-corrected chi connectivity index (χ1v) is 4.57. The summed E-state index contributed by atoms with van der Waals surface area (Å²) in [7, 11) is 1.49. The van der Waals surface area contributed by atoms with Crippen molar-refractivity contribution in [3.05, 3.63) is 37.9 Å². The van der Waals surface area contributed by atoms with Gasteiger partial charge in [0.1, 0.15) is 5.39 Å². The molecule has 0 atom stereocenters. The molecule has 0 unspecified atom stereocenters. The zero-order valence-corrected chi connectivity index (χ0v) is 8.85. The van der Waals surface area contributed by atoms with E-state index in [4.69, 9.17) is 15.7 Å². The molecule has 0 fully saturated rings. The molecule has 0 aliphatic heterocycles. The number of nitro groups is 1. The van der Waals surface area contributed by atoms with E-state index in [2.05, 4.69) is 0 Å². The Labute approximate surface area is 99.0 Å². The molecule has 0 saturated heterocycles. The molecule has 2 rings (SSSR count). The first kappa shape index (κ1) is 7.45. The number of rotatable bonds is 1. The maximum absolute atomic E-state index is 12.1. The number of halogens is 1. The van der Waals surface area contributed by atoms with Crippen LogP contribution in [0.5, 0.6) is 0 Å². The number of fused-ring (bicyclic) bond motifs is 1. The van der Waals surface area contributed by atoms with Crippen LogP contribution in [0.3, 0.4) is 0 Å². The average molecular weight is 245 g/mol. The van der Waals surface area contributed by atoms with Gasteiger partial charge in [0.25, 0.3) is 11.2 Å². The maximum Gasteiger partial charge on any atom is 0.300 e. The second kappa shape index (κ2) is 3.34. The molecule has 84 valence electrons. The lowest BCUT2D eigenvalue weighted by molar-refractivity contribution is -0.383. The van der Waals surface area contributed by atoms with Crippen LogP contribution in [0, 0.1) is 10.1 Å². The first-order valence-electron chi connectivity index (χ1n) is 5.69. The highest BCUT2D eigenvalue weighted by Crippen LogP contribution is 2.28. The predicted octanol–water partition coefficient (Wildman–Crippen LogP) is 1.44. The summed E-state index contributed by atoms with van der Waals surface area (Å²) in [6, 6.07) is 0. The topological polar surface area (TPSA) is 70.1 Å². The first-order chi connectivity index (χ1) is 8.64. The van der Waals surface area contributed by atoms with Gasteiger partial charge in [0.05, 0.1) is 21.7 Å². The van der Waals surface area contributed by atoms with Gasteiger partial charge >= 0.3 is 0 Å². The second-order valence-corrected chi connectivity index (χ2v) is 3.67. The van der Waals surface area contributed by atoms with E-state index in [-0.39, 0.29) is 15.9 Å². The average Bonchev–Trinajstić information content (AvgIpc) is 2.61. The molecule has 0 radical (unpaired) electrons. The van der Waals surface area contributed by atoms with Crippen molar-refractivity contribution in [3.63, 3.8) is 0 Å². The molecule has 0 aliphatic rings. The molecule has 0 bridgehead atoms. The van der Waals surface area contributed by atoms with Crippen LogP contribution in [0.25, 0.3) is 10.9 Å². The third-order valence-corrected chi connectivity index (χ3v) is 2.54. The minimum absolute atomic E-state index is 0.0404. The van der Waals surface area contributed by atoms with E-state index in [1.807, 2.05) is 0 Å². The molecule has 0 aromatic carbocycles. The predicted molar refractivity (Wildman–Crippen MR) is 59.8 cm³/mol. The van der Waals surface area contributed by atoms with Crippen molar-refractivity contribution in [1.82, 2.24) is 9.13 Å². The van der Waals surface area contributed by atoms with Crippen molar-refractivity contribution in [2.24, 2.45) is 14.0 Å².